The minimum atomic E-state index is -4.45. The van der Waals surface area contributed by atoms with E-state index in [0.717, 1.165) is 24.3 Å². The molecule has 2 aromatic rings. The van der Waals surface area contributed by atoms with Crippen LogP contribution in [0.4, 0.5) is 18.9 Å². The third-order valence-electron chi connectivity index (χ3n) is 3.32. The molecule has 1 aromatic heterocycles. The van der Waals surface area contributed by atoms with Crippen molar-refractivity contribution in [3.8, 4) is 0 Å². The number of ether oxygens (including phenoxy) is 1. The number of thioether (sulfide) groups is 1. The number of hydrogen-bond donors (Lipinski definition) is 1. The fourth-order valence-electron chi connectivity index (χ4n) is 1.97. The summed E-state index contributed by atoms with van der Waals surface area (Å²) in [6, 6.07) is 7.06. The molecule has 0 saturated heterocycles. The Labute approximate surface area is 152 Å². The lowest BCUT2D eigenvalue weighted by atomic mass is 10.2. The molecule has 0 aliphatic rings. The zero-order valence-corrected chi connectivity index (χ0v) is 14.6. The van der Waals surface area contributed by atoms with Gasteiger partial charge in [-0.05, 0) is 49.6 Å². The van der Waals surface area contributed by atoms with E-state index < -0.39 is 29.7 Å². The van der Waals surface area contributed by atoms with Crippen LogP contribution in [0.15, 0.2) is 47.6 Å². The summed E-state index contributed by atoms with van der Waals surface area (Å²) < 4.78 is 42.7. The van der Waals surface area contributed by atoms with Crippen LogP contribution in [0.5, 0.6) is 0 Å². The average molecular weight is 384 g/mol. The van der Waals surface area contributed by atoms with Crippen LogP contribution in [0.1, 0.15) is 22.8 Å². The lowest BCUT2D eigenvalue weighted by molar-refractivity contribution is -0.137. The molecule has 26 heavy (non-hydrogen) atoms. The van der Waals surface area contributed by atoms with Crippen LogP contribution in [0.3, 0.4) is 0 Å². The van der Waals surface area contributed by atoms with Crippen LogP contribution in [0.2, 0.25) is 0 Å². The van der Waals surface area contributed by atoms with E-state index in [-0.39, 0.29) is 11.3 Å². The molecule has 0 aliphatic carbocycles. The first-order valence-electron chi connectivity index (χ1n) is 7.40. The number of benzene rings is 1. The number of esters is 1. The van der Waals surface area contributed by atoms with Gasteiger partial charge in [0.15, 0.2) is 6.10 Å². The molecule has 9 heteroatoms. The third-order valence-corrected chi connectivity index (χ3v) is 4.03. The summed E-state index contributed by atoms with van der Waals surface area (Å²) in [6.07, 6.45) is -2.31. The second kappa shape index (κ2) is 8.22. The Morgan fingerprint density at radius 2 is 1.85 bits per heavy atom. The zero-order valence-electron chi connectivity index (χ0n) is 13.8. The molecule has 1 N–H and O–H groups in total. The van der Waals surface area contributed by atoms with Gasteiger partial charge in [-0.3, -0.25) is 4.79 Å². The lowest BCUT2D eigenvalue weighted by Gasteiger charge is -2.15. The minimum Gasteiger partial charge on any atom is -0.449 e. The van der Waals surface area contributed by atoms with Crippen LogP contribution in [-0.2, 0) is 15.7 Å². The van der Waals surface area contributed by atoms with E-state index in [1.165, 1.54) is 30.9 Å². The Morgan fingerprint density at radius 1 is 1.19 bits per heavy atom. The van der Waals surface area contributed by atoms with Crippen molar-refractivity contribution in [1.29, 1.82) is 0 Å². The highest BCUT2D eigenvalue weighted by molar-refractivity contribution is 7.98. The van der Waals surface area contributed by atoms with Gasteiger partial charge in [0, 0.05) is 11.9 Å². The molecular formula is C17H15F3N2O3S. The van der Waals surface area contributed by atoms with E-state index in [1.807, 2.05) is 0 Å². The third kappa shape index (κ3) is 4.98. The number of pyridine rings is 1. The van der Waals surface area contributed by atoms with Gasteiger partial charge in [0.1, 0.15) is 5.03 Å². The number of carbonyl (C=O) groups is 2. The van der Waals surface area contributed by atoms with Gasteiger partial charge in [-0.25, -0.2) is 9.78 Å². The minimum absolute atomic E-state index is 0.164. The maximum absolute atomic E-state index is 12.5. The summed E-state index contributed by atoms with van der Waals surface area (Å²) in [4.78, 5) is 28.3. The molecule has 0 aliphatic heterocycles. The highest BCUT2D eigenvalue weighted by Gasteiger charge is 2.30. The molecule has 0 spiro atoms. The SMILES string of the molecule is CSc1ncccc1C(=O)OC(C)C(=O)Nc1ccc(C(F)(F)F)cc1. The van der Waals surface area contributed by atoms with Crippen molar-refractivity contribution >= 4 is 29.3 Å². The maximum Gasteiger partial charge on any atom is 0.416 e. The van der Waals surface area contributed by atoms with Gasteiger partial charge in [0.25, 0.3) is 5.91 Å². The van der Waals surface area contributed by atoms with Gasteiger partial charge >= 0.3 is 12.1 Å². The number of halogens is 3. The molecule has 0 radical (unpaired) electrons. The van der Waals surface area contributed by atoms with Crippen molar-refractivity contribution in [2.24, 2.45) is 0 Å². The predicted molar refractivity (Wildman–Crippen MR) is 91.0 cm³/mol. The molecule has 0 bridgehead atoms. The summed E-state index contributed by atoms with van der Waals surface area (Å²) in [6.45, 7) is 1.37. The monoisotopic (exact) mass is 384 g/mol. The van der Waals surface area contributed by atoms with Crippen LogP contribution in [0.25, 0.3) is 0 Å². The fourth-order valence-corrected chi connectivity index (χ4v) is 2.51. The standard InChI is InChI=1S/C17H15F3N2O3S/c1-10(25-16(24)13-4-3-9-21-15(13)26-2)14(23)22-12-7-5-11(6-8-12)17(18,19)20/h3-10H,1-2H3,(H,22,23). The van der Waals surface area contributed by atoms with Gasteiger partial charge in [0.2, 0.25) is 0 Å². The normalized spacial score (nSPS) is 12.3. The number of nitrogens with one attached hydrogen (secondary N) is 1. The number of aromatic nitrogens is 1. The first-order chi connectivity index (χ1) is 12.2. The van der Waals surface area contributed by atoms with Crippen molar-refractivity contribution in [2.45, 2.75) is 24.2 Å². The molecule has 2 rings (SSSR count). The summed E-state index contributed by atoms with van der Waals surface area (Å²) >= 11 is 1.26. The van der Waals surface area contributed by atoms with Crippen molar-refractivity contribution in [3.05, 3.63) is 53.7 Å². The number of nitrogens with zero attached hydrogens (tertiary/aromatic N) is 1. The van der Waals surface area contributed by atoms with E-state index >= 15 is 0 Å². The number of amides is 1. The van der Waals surface area contributed by atoms with Crippen LogP contribution < -0.4 is 5.32 Å². The zero-order chi connectivity index (χ0) is 19.3. The van der Waals surface area contributed by atoms with E-state index in [1.54, 1.807) is 12.3 Å². The van der Waals surface area contributed by atoms with Crippen molar-refractivity contribution in [3.63, 3.8) is 0 Å². The van der Waals surface area contributed by atoms with Gasteiger partial charge in [0.05, 0.1) is 11.1 Å². The van der Waals surface area contributed by atoms with Gasteiger partial charge < -0.3 is 10.1 Å². The van der Waals surface area contributed by atoms with E-state index in [2.05, 4.69) is 10.3 Å². The van der Waals surface area contributed by atoms with E-state index in [4.69, 9.17) is 4.74 Å². The van der Waals surface area contributed by atoms with E-state index in [9.17, 15) is 22.8 Å². The first-order valence-corrected chi connectivity index (χ1v) is 8.63. The molecule has 138 valence electrons. The summed E-state index contributed by atoms with van der Waals surface area (Å²) in [5.41, 5.74) is -0.428. The second-order valence-electron chi connectivity index (χ2n) is 5.17. The number of carbonyl (C=O) groups excluding carboxylic acids is 2. The molecule has 0 saturated carbocycles. The van der Waals surface area contributed by atoms with Crippen LogP contribution in [-0.4, -0.2) is 29.2 Å². The number of alkyl halides is 3. The average Bonchev–Trinajstić information content (AvgIpc) is 2.61. The molecule has 1 amide bonds. The lowest BCUT2D eigenvalue weighted by Crippen LogP contribution is -2.30. The van der Waals surface area contributed by atoms with Gasteiger partial charge in [-0.15, -0.1) is 11.8 Å². The van der Waals surface area contributed by atoms with Crippen LogP contribution in [0, 0.1) is 0 Å². The smallest absolute Gasteiger partial charge is 0.416 e. The Hall–Kier alpha value is -2.55. The molecule has 5 nitrogen and oxygen atoms in total. The first kappa shape index (κ1) is 19.8. The summed E-state index contributed by atoms with van der Waals surface area (Å²) in [5, 5.41) is 2.87. The highest BCUT2D eigenvalue weighted by atomic mass is 32.2. The molecule has 1 aromatic carbocycles. The van der Waals surface area contributed by atoms with Crippen LogP contribution >= 0.6 is 11.8 Å². The number of anilines is 1. The molecular weight excluding hydrogens is 369 g/mol. The Balaban J connectivity index is 2.00. The van der Waals surface area contributed by atoms with Gasteiger partial charge in [-0.1, -0.05) is 0 Å². The fraction of sp³-hybridized carbons (Fsp3) is 0.235. The second-order valence-corrected chi connectivity index (χ2v) is 5.97. The molecule has 1 heterocycles. The Bertz CT molecular complexity index is 795. The topological polar surface area (TPSA) is 68.3 Å². The van der Waals surface area contributed by atoms with Crippen molar-refractivity contribution in [1.82, 2.24) is 4.98 Å². The highest BCUT2D eigenvalue weighted by Crippen LogP contribution is 2.29. The van der Waals surface area contributed by atoms with E-state index in [0.29, 0.717) is 5.03 Å². The van der Waals surface area contributed by atoms with Gasteiger partial charge in [-0.2, -0.15) is 13.2 Å². The molecule has 0 fully saturated rings. The Morgan fingerprint density at radius 3 is 2.42 bits per heavy atom. The van der Waals surface area contributed by atoms with Crippen molar-refractivity contribution in [2.75, 3.05) is 11.6 Å². The molecule has 1 unspecified atom stereocenters. The maximum atomic E-state index is 12.5. The quantitative estimate of drug-likeness (QED) is 0.623. The predicted octanol–water partition coefficient (Wildman–Crippen LogP) is 4.01. The van der Waals surface area contributed by atoms with Crippen molar-refractivity contribution < 1.29 is 27.5 Å². The number of hydrogen-bond acceptors (Lipinski definition) is 5. The summed E-state index contributed by atoms with van der Waals surface area (Å²) in [7, 11) is 0. The number of rotatable bonds is 5. The largest absolute Gasteiger partial charge is 0.449 e. The Kier molecular flexibility index (Phi) is 6.25. The molecule has 1 atom stereocenters. The summed E-state index contributed by atoms with van der Waals surface area (Å²) in [5.74, 6) is -1.37.